The number of aromatic nitrogens is 1. The van der Waals surface area contributed by atoms with Gasteiger partial charge in [-0.2, -0.15) is 0 Å². The van der Waals surface area contributed by atoms with Gasteiger partial charge in [-0.1, -0.05) is 24.3 Å². The first-order valence-electron chi connectivity index (χ1n) is 10.8. The summed E-state index contributed by atoms with van der Waals surface area (Å²) in [4.78, 5) is 19.8. The molecule has 0 bridgehead atoms. The number of aromatic amines is 1. The third-order valence-corrected chi connectivity index (χ3v) is 6.94. The summed E-state index contributed by atoms with van der Waals surface area (Å²) in [5.74, 6) is 0.962. The highest BCUT2D eigenvalue weighted by atomic mass is 16.5. The van der Waals surface area contributed by atoms with Crippen LogP contribution in [0.3, 0.4) is 0 Å². The molecule has 0 amide bonds. The maximum atomic E-state index is 11.1. The zero-order chi connectivity index (χ0) is 20.7. The first-order chi connectivity index (χ1) is 14.7. The Labute approximate surface area is 177 Å². The largest absolute Gasteiger partial charge is 0.496 e. The van der Waals surface area contributed by atoms with E-state index in [9.17, 15) is 4.79 Å². The van der Waals surface area contributed by atoms with Gasteiger partial charge in [-0.05, 0) is 49.6 Å². The van der Waals surface area contributed by atoms with Crippen LogP contribution in [-0.2, 0) is 6.54 Å². The number of H-pyrrole nitrogens is 1. The van der Waals surface area contributed by atoms with Crippen LogP contribution in [0.4, 0.5) is 0 Å². The number of rotatable bonds is 5. The van der Waals surface area contributed by atoms with Gasteiger partial charge in [0, 0.05) is 59.9 Å². The number of hydrogen-bond acceptors (Lipinski definition) is 4. The number of ether oxygens (including phenoxy) is 1. The van der Waals surface area contributed by atoms with E-state index < -0.39 is 0 Å². The minimum Gasteiger partial charge on any atom is -0.496 e. The highest BCUT2D eigenvalue weighted by molar-refractivity contribution is 5.88. The molecule has 3 aromatic rings. The first kappa shape index (κ1) is 19.3. The second-order valence-corrected chi connectivity index (χ2v) is 8.66. The second-order valence-electron chi connectivity index (χ2n) is 8.66. The molecule has 2 saturated heterocycles. The summed E-state index contributed by atoms with van der Waals surface area (Å²) in [6, 6.07) is 13.4. The Morgan fingerprint density at radius 3 is 2.80 bits per heavy atom. The molecule has 2 aliphatic heterocycles. The molecule has 156 valence electrons. The average molecular weight is 404 g/mol. The number of aryl methyl sites for hydroxylation is 1. The lowest BCUT2D eigenvalue weighted by atomic mass is 9.97. The third kappa shape index (κ3) is 3.32. The predicted octanol–water partition coefficient (Wildman–Crippen LogP) is 4.32. The maximum absolute atomic E-state index is 11.1. The highest BCUT2D eigenvalue weighted by Gasteiger charge is 2.37. The van der Waals surface area contributed by atoms with Crippen LogP contribution in [0.15, 0.2) is 42.6 Å². The number of hydrogen-bond donors (Lipinski definition) is 1. The van der Waals surface area contributed by atoms with Crippen LogP contribution in [0.2, 0.25) is 0 Å². The van der Waals surface area contributed by atoms with Gasteiger partial charge in [-0.3, -0.25) is 14.6 Å². The van der Waals surface area contributed by atoms with Gasteiger partial charge < -0.3 is 9.72 Å². The molecule has 30 heavy (non-hydrogen) atoms. The first-order valence-corrected chi connectivity index (χ1v) is 10.8. The van der Waals surface area contributed by atoms with Gasteiger partial charge in [0.1, 0.15) is 12.0 Å². The van der Waals surface area contributed by atoms with E-state index in [1.165, 1.54) is 47.0 Å². The minimum absolute atomic E-state index is 0.306. The van der Waals surface area contributed by atoms with Crippen molar-refractivity contribution in [3.05, 3.63) is 64.8 Å². The van der Waals surface area contributed by atoms with Crippen molar-refractivity contribution in [1.29, 1.82) is 0 Å². The van der Waals surface area contributed by atoms with Crippen molar-refractivity contribution in [2.75, 3.05) is 26.7 Å². The van der Waals surface area contributed by atoms with Gasteiger partial charge >= 0.3 is 0 Å². The molecule has 1 unspecified atom stereocenters. The molecule has 0 spiro atoms. The normalized spacial score (nSPS) is 22.3. The Morgan fingerprint density at radius 1 is 1.20 bits per heavy atom. The summed E-state index contributed by atoms with van der Waals surface area (Å²) in [7, 11) is 1.77. The standard InChI is InChI=1S/C25H29N3O2/c1-17-12-24(30-2)22(21-9-10-26-25(17)21)14-28-13-20-4-3-11-27(20)15-23(28)19-7-5-18(16-29)6-8-19/h5-10,12,16,20,23,26H,3-4,11,13-15H2,1-2H3/t20-,23?/m0/s1. The molecule has 0 aliphatic carbocycles. The van der Waals surface area contributed by atoms with Crippen molar-refractivity contribution in [3.8, 4) is 5.75 Å². The van der Waals surface area contributed by atoms with E-state index in [1.807, 2.05) is 18.3 Å². The summed E-state index contributed by atoms with van der Waals surface area (Å²) in [6.45, 7) is 6.26. The maximum Gasteiger partial charge on any atom is 0.150 e. The van der Waals surface area contributed by atoms with E-state index in [1.54, 1.807) is 7.11 Å². The zero-order valence-electron chi connectivity index (χ0n) is 17.7. The number of piperazine rings is 1. The van der Waals surface area contributed by atoms with Crippen molar-refractivity contribution >= 4 is 17.2 Å². The number of aldehydes is 1. The summed E-state index contributed by atoms with van der Waals surface area (Å²) in [6.07, 6.45) is 5.49. The fraction of sp³-hybridized carbons (Fsp3) is 0.400. The van der Waals surface area contributed by atoms with Crippen molar-refractivity contribution in [2.24, 2.45) is 0 Å². The molecule has 3 heterocycles. The molecule has 1 N–H and O–H groups in total. The van der Waals surface area contributed by atoms with Gasteiger partial charge in [0.2, 0.25) is 0 Å². The molecule has 2 fully saturated rings. The second kappa shape index (κ2) is 7.89. The van der Waals surface area contributed by atoms with Crippen LogP contribution in [0, 0.1) is 6.92 Å². The summed E-state index contributed by atoms with van der Waals surface area (Å²) in [5.41, 5.74) is 5.66. The lowest BCUT2D eigenvalue weighted by molar-refractivity contribution is 0.0446. The van der Waals surface area contributed by atoms with Crippen molar-refractivity contribution < 1.29 is 9.53 Å². The van der Waals surface area contributed by atoms with Crippen LogP contribution < -0.4 is 4.74 Å². The minimum atomic E-state index is 0.306. The Kier molecular flexibility index (Phi) is 5.09. The van der Waals surface area contributed by atoms with E-state index in [2.05, 4.69) is 46.0 Å². The van der Waals surface area contributed by atoms with E-state index in [0.717, 1.165) is 37.2 Å². The van der Waals surface area contributed by atoms with Gasteiger partial charge in [0.25, 0.3) is 0 Å². The Balaban J connectivity index is 1.53. The SMILES string of the molecule is COc1cc(C)c2[nH]ccc2c1CN1C[C@@H]2CCCN2CC1c1ccc(C=O)cc1. The topological polar surface area (TPSA) is 48.6 Å². The Morgan fingerprint density at radius 2 is 2.03 bits per heavy atom. The Hall–Kier alpha value is -2.63. The lowest BCUT2D eigenvalue weighted by Gasteiger charge is -2.44. The van der Waals surface area contributed by atoms with E-state index >= 15 is 0 Å². The van der Waals surface area contributed by atoms with Crippen LogP contribution in [0.1, 0.15) is 45.9 Å². The van der Waals surface area contributed by atoms with Gasteiger partial charge in [-0.25, -0.2) is 0 Å². The molecule has 2 aliphatic rings. The van der Waals surface area contributed by atoms with E-state index in [0.29, 0.717) is 12.1 Å². The Bertz CT molecular complexity index is 1060. The number of carbonyl (C=O) groups excluding carboxylic acids is 1. The number of nitrogens with one attached hydrogen (secondary N) is 1. The molecule has 2 atom stereocenters. The fourth-order valence-corrected chi connectivity index (χ4v) is 5.35. The molecule has 5 heteroatoms. The number of benzene rings is 2. The van der Waals surface area contributed by atoms with E-state index in [4.69, 9.17) is 4.74 Å². The average Bonchev–Trinajstić information content (AvgIpc) is 3.44. The molecule has 5 nitrogen and oxygen atoms in total. The summed E-state index contributed by atoms with van der Waals surface area (Å²) < 4.78 is 5.81. The molecular formula is C25H29N3O2. The fourth-order valence-electron chi connectivity index (χ4n) is 5.35. The third-order valence-electron chi connectivity index (χ3n) is 6.94. The van der Waals surface area contributed by atoms with Gasteiger partial charge in [0.05, 0.1) is 7.11 Å². The monoisotopic (exact) mass is 403 g/mol. The van der Waals surface area contributed by atoms with Crippen molar-refractivity contribution in [2.45, 2.75) is 38.4 Å². The zero-order valence-corrected chi connectivity index (χ0v) is 17.7. The number of methoxy groups -OCH3 is 1. The predicted molar refractivity (Wildman–Crippen MR) is 119 cm³/mol. The molecular weight excluding hydrogens is 374 g/mol. The quantitative estimate of drug-likeness (QED) is 0.645. The van der Waals surface area contributed by atoms with Crippen molar-refractivity contribution in [1.82, 2.24) is 14.8 Å². The van der Waals surface area contributed by atoms with Crippen LogP contribution in [0.25, 0.3) is 10.9 Å². The van der Waals surface area contributed by atoms with Crippen LogP contribution in [-0.4, -0.2) is 53.9 Å². The highest BCUT2D eigenvalue weighted by Crippen LogP contribution is 2.37. The summed E-state index contributed by atoms with van der Waals surface area (Å²) >= 11 is 0. The molecule has 0 saturated carbocycles. The molecule has 1 aromatic heterocycles. The van der Waals surface area contributed by atoms with Crippen molar-refractivity contribution in [3.63, 3.8) is 0 Å². The van der Waals surface area contributed by atoms with Gasteiger partial charge in [-0.15, -0.1) is 0 Å². The van der Waals surface area contributed by atoms with Gasteiger partial charge in [0.15, 0.2) is 0 Å². The number of carbonyl (C=O) groups is 1. The van der Waals surface area contributed by atoms with Crippen LogP contribution in [0.5, 0.6) is 5.75 Å². The van der Waals surface area contributed by atoms with Crippen LogP contribution >= 0.6 is 0 Å². The lowest BCUT2D eigenvalue weighted by Crippen LogP contribution is -2.51. The smallest absolute Gasteiger partial charge is 0.150 e. The summed E-state index contributed by atoms with van der Waals surface area (Å²) in [5, 5.41) is 1.25. The number of fused-ring (bicyclic) bond motifs is 2. The van der Waals surface area contributed by atoms with E-state index in [-0.39, 0.29) is 0 Å². The molecule has 2 aromatic carbocycles. The molecule has 0 radical (unpaired) electrons. The number of nitrogens with zero attached hydrogens (tertiary/aromatic N) is 2. The molecule has 5 rings (SSSR count).